The van der Waals surface area contributed by atoms with E-state index in [1.54, 1.807) is 7.11 Å². The minimum atomic E-state index is 0.748. The number of ether oxygens (including phenoxy) is 1. The Morgan fingerprint density at radius 2 is 1.63 bits per heavy atom. The summed E-state index contributed by atoms with van der Waals surface area (Å²) in [6.07, 6.45) is 0. The van der Waals surface area contributed by atoms with Gasteiger partial charge in [-0.15, -0.1) is 0 Å². The Morgan fingerprint density at radius 1 is 1.11 bits per heavy atom. The van der Waals surface area contributed by atoms with Crippen molar-refractivity contribution in [3.8, 4) is 5.75 Å². The molecule has 2 aromatic rings. The summed E-state index contributed by atoms with van der Waals surface area (Å²) in [6.45, 7) is 4.91. The van der Waals surface area contributed by atoms with Crippen molar-refractivity contribution in [1.82, 2.24) is 4.68 Å². The Labute approximate surface area is 130 Å². The van der Waals surface area contributed by atoms with Crippen LogP contribution in [0.25, 0.3) is 0 Å². The molecule has 0 bridgehead atoms. The molecule has 0 aliphatic heterocycles. The number of hydrogen-bond donors (Lipinski definition) is 1. The van der Waals surface area contributed by atoms with Crippen LogP contribution < -0.4 is 10.2 Å². The lowest BCUT2D eigenvalue weighted by atomic mass is 10.2. The second-order valence-electron chi connectivity index (χ2n) is 4.38. The molecule has 0 unspecified atom stereocenters. The number of hydrogen-bond acceptors (Lipinski definition) is 2. The van der Waals surface area contributed by atoms with Crippen LogP contribution >= 0.6 is 31.9 Å². The molecule has 5 heteroatoms. The van der Waals surface area contributed by atoms with Crippen molar-refractivity contribution in [3.05, 3.63) is 50.2 Å². The Bertz CT molecular complexity index is 551. The molecule has 0 aliphatic rings. The van der Waals surface area contributed by atoms with Crippen LogP contribution in [0.15, 0.2) is 33.2 Å². The second kappa shape index (κ2) is 6.01. The number of halogens is 2. The third kappa shape index (κ3) is 3.15. The van der Waals surface area contributed by atoms with E-state index in [2.05, 4.69) is 80.1 Å². The minimum Gasteiger partial charge on any atom is -0.494 e. The maximum Gasteiger partial charge on any atom is 0.147 e. The molecule has 0 saturated carbocycles. The number of benzene rings is 1. The Kier molecular flexibility index (Phi) is 4.58. The van der Waals surface area contributed by atoms with Crippen molar-refractivity contribution in [2.75, 3.05) is 12.5 Å². The van der Waals surface area contributed by atoms with Gasteiger partial charge < -0.3 is 10.2 Å². The first-order chi connectivity index (χ1) is 9.02. The summed E-state index contributed by atoms with van der Waals surface area (Å²) in [7, 11) is 1.66. The first-order valence-corrected chi connectivity index (χ1v) is 7.52. The van der Waals surface area contributed by atoms with Crippen LogP contribution in [0, 0.1) is 13.8 Å². The maximum atomic E-state index is 5.30. The number of aromatic nitrogens is 1. The van der Waals surface area contributed by atoms with Gasteiger partial charge in [0.25, 0.3) is 0 Å². The molecule has 3 nitrogen and oxygen atoms in total. The SMILES string of the molecule is COc1c(Br)cc(CNn2c(C)ccc2C)cc1Br. The van der Waals surface area contributed by atoms with Crippen LogP contribution in [-0.2, 0) is 6.54 Å². The monoisotopic (exact) mass is 386 g/mol. The highest BCUT2D eigenvalue weighted by Crippen LogP contribution is 2.34. The predicted octanol–water partition coefficient (Wildman–Crippen LogP) is 4.38. The fourth-order valence-electron chi connectivity index (χ4n) is 2.00. The van der Waals surface area contributed by atoms with Crippen LogP contribution in [0.3, 0.4) is 0 Å². The lowest BCUT2D eigenvalue weighted by Gasteiger charge is -2.14. The normalized spacial score (nSPS) is 10.6. The van der Waals surface area contributed by atoms with E-state index in [9.17, 15) is 0 Å². The van der Waals surface area contributed by atoms with Crippen LogP contribution in [-0.4, -0.2) is 11.8 Å². The fourth-order valence-corrected chi connectivity index (χ4v) is 3.60. The first-order valence-electron chi connectivity index (χ1n) is 5.93. The summed E-state index contributed by atoms with van der Waals surface area (Å²) in [5, 5.41) is 0. The Morgan fingerprint density at radius 3 is 2.11 bits per heavy atom. The molecule has 1 aromatic carbocycles. The van der Waals surface area contributed by atoms with E-state index in [4.69, 9.17) is 4.74 Å². The van der Waals surface area contributed by atoms with Gasteiger partial charge in [0, 0.05) is 11.4 Å². The Balaban J connectivity index is 2.17. The molecule has 2 rings (SSSR count). The highest BCUT2D eigenvalue weighted by molar-refractivity contribution is 9.11. The van der Waals surface area contributed by atoms with Gasteiger partial charge >= 0.3 is 0 Å². The van der Waals surface area contributed by atoms with Crippen molar-refractivity contribution in [2.24, 2.45) is 0 Å². The predicted molar refractivity (Wildman–Crippen MR) is 85.4 cm³/mol. The van der Waals surface area contributed by atoms with E-state index in [-0.39, 0.29) is 0 Å². The molecule has 0 spiro atoms. The molecule has 1 N–H and O–H groups in total. The number of rotatable bonds is 4. The topological polar surface area (TPSA) is 26.2 Å². The smallest absolute Gasteiger partial charge is 0.147 e. The van der Waals surface area contributed by atoms with E-state index in [0.29, 0.717) is 0 Å². The third-order valence-corrected chi connectivity index (χ3v) is 4.15. The van der Waals surface area contributed by atoms with Gasteiger partial charge in [-0.1, -0.05) is 0 Å². The lowest BCUT2D eigenvalue weighted by Crippen LogP contribution is -2.16. The summed E-state index contributed by atoms with van der Waals surface area (Å²) in [6, 6.07) is 8.32. The van der Waals surface area contributed by atoms with E-state index in [0.717, 1.165) is 21.2 Å². The zero-order chi connectivity index (χ0) is 14.0. The minimum absolute atomic E-state index is 0.748. The third-order valence-electron chi connectivity index (χ3n) is 2.97. The van der Waals surface area contributed by atoms with Crippen LogP contribution in [0.4, 0.5) is 0 Å². The van der Waals surface area contributed by atoms with E-state index < -0.39 is 0 Å². The number of nitrogens with one attached hydrogen (secondary N) is 1. The van der Waals surface area contributed by atoms with Crippen molar-refractivity contribution in [1.29, 1.82) is 0 Å². The van der Waals surface area contributed by atoms with Gasteiger partial charge in [-0.05, 0) is 75.5 Å². The average molecular weight is 388 g/mol. The van der Waals surface area contributed by atoms with Gasteiger partial charge in [0.05, 0.1) is 22.6 Å². The van der Waals surface area contributed by atoms with E-state index in [1.165, 1.54) is 17.0 Å². The van der Waals surface area contributed by atoms with Crippen molar-refractivity contribution in [2.45, 2.75) is 20.4 Å². The molecule has 0 saturated heterocycles. The number of methoxy groups -OCH3 is 1. The van der Waals surface area contributed by atoms with Gasteiger partial charge in [-0.3, -0.25) is 4.68 Å². The number of aryl methyl sites for hydroxylation is 2. The van der Waals surface area contributed by atoms with Crippen LogP contribution in [0.5, 0.6) is 5.75 Å². The van der Waals surface area contributed by atoms with Crippen LogP contribution in [0.2, 0.25) is 0 Å². The summed E-state index contributed by atoms with van der Waals surface area (Å²) < 4.78 is 9.28. The Hall–Kier alpha value is -0.940. The fraction of sp³-hybridized carbons (Fsp3) is 0.286. The van der Waals surface area contributed by atoms with Gasteiger partial charge in [0.15, 0.2) is 0 Å². The molecule has 0 radical (unpaired) electrons. The first kappa shape index (κ1) is 14.5. The van der Waals surface area contributed by atoms with Gasteiger partial charge in [0.2, 0.25) is 0 Å². The standard InChI is InChI=1S/C14H16Br2N2O/c1-9-4-5-10(2)18(9)17-8-11-6-12(15)14(19-3)13(16)7-11/h4-7,17H,8H2,1-3H3. The van der Waals surface area contributed by atoms with Gasteiger partial charge in [0.1, 0.15) is 5.75 Å². The maximum absolute atomic E-state index is 5.30. The molecule has 1 heterocycles. The van der Waals surface area contributed by atoms with E-state index >= 15 is 0 Å². The molecule has 19 heavy (non-hydrogen) atoms. The second-order valence-corrected chi connectivity index (χ2v) is 6.09. The van der Waals surface area contributed by atoms with Crippen molar-refractivity contribution < 1.29 is 4.74 Å². The molecule has 0 atom stereocenters. The highest BCUT2D eigenvalue weighted by Gasteiger charge is 2.08. The zero-order valence-corrected chi connectivity index (χ0v) is 14.3. The molecule has 0 amide bonds. The molecular formula is C14H16Br2N2O. The largest absolute Gasteiger partial charge is 0.494 e. The van der Waals surface area contributed by atoms with Gasteiger partial charge in [-0.25, -0.2) is 0 Å². The highest BCUT2D eigenvalue weighted by atomic mass is 79.9. The lowest BCUT2D eigenvalue weighted by molar-refractivity contribution is 0.409. The van der Waals surface area contributed by atoms with Crippen molar-refractivity contribution >= 4 is 31.9 Å². The summed E-state index contributed by atoms with van der Waals surface area (Å²) in [4.78, 5) is 0. The van der Waals surface area contributed by atoms with Gasteiger partial charge in [-0.2, -0.15) is 0 Å². The number of nitrogens with zero attached hydrogens (tertiary/aromatic N) is 1. The molecular weight excluding hydrogens is 372 g/mol. The summed E-state index contributed by atoms with van der Waals surface area (Å²) in [5.74, 6) is 0.817. The average Bonchev–Trinajstić information content (AvgIpc) is 2.66. The van der Waals surface area contributed by atoms with Crippen molar-refractivity contribution in [3.63, 3.8) is 0 Å². The molecule has 102 valence electrons. The molecule has 1 aromatic heterocycles. The molecule has 0 aliphatic carbocycles. The molecule has 0 fully saturated rings. The van der Waals surface area contributed by atoms with Crippen LogP contribution in [0.1, 0.15) is 17.0 Å². The zero-order valence-electron chi connectivity index (χ0n) is 11.1. The quantitative estimate of drug-likeness (QED) is 0.842. The van der Waals surface area contributed by atoms with E-state index in [1.807, 2.05) is 0 Å². The summed E-state index contributed by atoms with van der Waals surface area (Å²) in [5.41, 5.74) is 6.97. The summed E-state index contributed by atoms with van der Waals surface area (Å²) >= 11 is 7.03.